The topological polar surface area (TPSA) is 66.4 Å². The summed E-state index contributed by atoms with van der Waals surface area (Å²) in [7, 11) is -3.81. The van der Waals surface area contributed by atoms with Gasteiger partial charge in [-0.2, -0.15) is 0 Å². The van der Waals surface area contributed by atoms with Gasteiger partial charge in [0.05, 0.1) is 12.3 Å². The number of benzene rings is 2. The zero-order chi connectivity index (χ0) is 15.6. The van der Waals surface area contributed by atoms with Crippen LogP contribution in [-0.2, 0) is 16.6 Å². The molecule has 4 nitrogen and oxygen atoms in total. The summed E-state index contributed by atoms with van der Waals surface area (Å²) in [5.74, 6) is -0.427. The van der Waals surface area contributed by atoms with Gasteiger partial charge in [0.25, 0.3) is 10.0 Å². The minimum Gasteiger partial charge on any atom is -0.392 e. The van der Waals surface area contributed by atoms with Crippen molar-refractivity contribution >= 4 is 31.6 Å². The Kier molecular flexibility index (Phi) is 4.65. The van der Waals surface area contributed by atoms with Gasteiger partial charge in [-0.25, -0.2) is 12.8 Å². The lowest BCUT2D eigenvalue weighted by Crippen LogP contribution is -2.14. The van der Waals surface area contributed by atoms with Crippen LogP contribution in [0.25, 0.3) is 0 Å². The van der Waals surface area contributed by atoms with Crippen LogP contribution in [0.1, 0.15) is 11.1 Å². The van der Waals surface area contributed by atoms with Gasteiger partial charge in [-0.15, -0.1) is 0 Å². The lowest BCUT2D eigenvalue weighted by molar-refractivity contribution is 0.281. The SMILES string of the molecule is Cc1cc(F)ccc1NS(=O)(=O)c1ccc(CO)cc1Br. The number of sulfonamides is 1. The summed E-state index contributed by atoms with van der Waals surface area (Å²) >= 11 is 3.18. The van der Waals surface area contributed by atoms with E-state index in [1.54, 1.807) is 6.92 Å². The third kappa shape index (κ3) is 3.61. The molecule has 0 fully saturated rings. The predicted octanol–water partition coefficient (Wildman–Crippen LogP) is 3.19. The number of hydrogen-bond acceptors (Lipinski definition) is 3. The number of aryl methyl sites for hydroxylation is 1. The molecule has 2 rings (SSSR count). The van der Waals surface area contributed by atoms with Gasteiger partial charge in [0, 0.05) is 4.47 Å². The molecular formula is C14H13BrFNO3S. The van der Waals surface area contributed by atoms with Crippen molar-refractivity contribution in [3.05, 3.63) is 57.8 Å². The summed E-state index contributed by atoms with van der Waals surface area (Å²) in [4.78, 5) is 0.0448. The van der Waals surface area contributed by atoms with E-state index in [-0.39, 0.29) is 11.5 Å². The number of hydrogen-bond donors (Lipinski definition) is 2. The smallest absolute Gasteiger partial charge is 0.263 e. The van der Waals surface area contributed by atoms with Crippen molar-refractivity contribution in [1.29, 1.82) is 0 Å². The fourth-order valence-corrected chi connectivity index (χ4v) is 4.06. The van der Waals surface area contributed by atoms with Crippen LogP contribution < -0.4 is 4.72 Å². The van der Waals surface area contributed by atoms with Crippen LogP contribution in [-0.4, -0.2) is 13.5 Å². The Morgan fingerprint density at radius 1 is 1.24 bits per heavy atom. The minimum atomic E-state index is -3.81. The highest BCUT2D eigenvalue weighted by atomic mass is 79.9. The summed E-state index contributed by atoms with van der Waals surface area (Å²) < 4.78 is 40.5. The molecule has 0 heterocycles. The Balaban J connectivity index is 2.38. The highest BCUT2D eigenvalue weighted by molar-refractivity contribution is 9.10. The van der Waals surface area contributed by atoms with Crippen molar-refractivity contribution < 1.29 is 17.9 Å². The van der Waals surface area contributed by atoms with Crippen LogP contribution in [0.4, 0.5) is 10.1 Å². The third-order valence-electron chi connectivity index (χ3n) is 2.90. The molecule has 2 N–H and O–H groups in total. The van der Waals surface area contributed by atoms with Crippen molar-refractivity contribution in [2.75, 3.05) is 4.72 Å². The van der Waals surface area contributed by atoms with Crippen LogP contribution in [0.2, 0.25) is 0 Å². The van der Waals surface area contributed by atoms with Gasteiger partial charge in [-0.1, -0.05) is 6.07 Å². The van der Waals surface area contributed by atoms with E-state index in [4.69, 9.17) is 5.11 Å². The minimum absolute atomic E-state index is 0.0448. The fourth-order valence-electron chi connectivity index (χ4n) is 1.80. The normalized spacial score (nSPS) is 11.4. The largest absolute Gasteiger partial charge is 0.392 e. The van der Waals surface area contributed by atoms with E-state index in [0.717, 1.165) is 0 Å². The second-order valence-corrected chi connectivity index (χ2v) is 6.99. The van der Waals surface area contributed by atoms with Gasteiger partial charge in [-0.05, 0) is 64.3 Å². The molecule has 0 bridgehead atoms. The molecule has 0 aliphatic carbocycles. The molecule has 2 aromatic rings. The molecule has 2 aromatic carbocycles. The standard InChI is InChI=1S/C14H13BrFNO3S/c1-9-6-11(16)3-4-13(9)17-21(19,20)14-5-2-10(8-18)7-12(14)15/h2-7,17-18H,8H2,1H3. The third-order valence-corrected chi connectivity index (χ3v) is 5.24. The second-order valence-electron chi connectivity index (χ2n) is 4.49. The second kappa shape index (κ2) is 6.13. The number of aliphatic hydroxyl groups excluding tert-OH is 1. The molecular weight excluding hydrogens is 361 g/mol. The number of aliphatic hydroxyl groups is 1. The van der Waals surface area contributed by atoms with Crippen LogP contribution in [0.3, 0.4) is 0 Å². The van der Waals surface area contributed by atoms with E-state index in [1.807, 2.05) is 0 Å². The van der Waals surface area contributed by atoms with E-state index in [2.05, 4.69) is 20.7 Å². The Hall–Kier alpha value is -1.44. The molecule has 0 amide bonds. The summed E-state index contributed by atoms with van der Waals surface area (Å²) in [5.41, 5.74) is 1.40. The molecule has 7 heteroatoms. The zero-order valence-corrected chi connectivity index (χ0v) is 13.5. The van der Waals surface area contributed by atoms with Crippen LogP contribution in [0.15, 0.2) is 45.8 Å². The van der Waals surface area contributed by atoms with Crippen LogP contribution in [0.5, 0.6) is 0 Å². The zero-order valence-electron chi connectivity index (χ0n) is 11.1. The van der Waals surface area contributed by atoms with Gasteiger partial charge in [-0.3, -0.25) is 4.72 Å². The summed E-state index contributed by atoms with van der Waals surface area (Å²) in [6.45, 7) is 1.44. The van der Waals surface area contributed by atoms with E-state index in [1.165, 1.54) is 36.4 Å². The summed E-state index contributed by atoms with van der Waals surface area (Å²) in [6, 6.07) is 8.27. The fraction of sp³-hybridized carbons (Fsp3) is 0.143. The number of nitrogens with one attached hydrogen (secondary N) is 1. The summed E-state index contributed by atoms with van der Waals surface area (Å²) in [6.07, 6.45) is 0. The summed E-state index contributed by atoms with van der Waals surface area (Å²) in [5, 5.41) is 9.03. The van der Waals surface area contributed by atoms with Crippen molar-refractivity contribution in [3.63, 3.8) is 0 Å². The first-order valence-corrected chi connectivity index (χ1v) is 8.29. The van der Waals surface area contributed by atoms with E-state index in [0.29, 0.717) is 21.3 Å². The predicted molar refractivity (Wildman–Crippen MR) is 82.0 cm³/mol. The van der Waals surface area contributed by atoms with Crippen molar-refractivity contribution in [1.82, 2.24) is 0 Å². The molecule has 0 atom stereocenters. The Bertz CT molecular complexity index is 778. The van der Waals surface area contributed by atoms with Gasteiger partial charge >= 0.3 is 0 Å². The molecule has 0 radical (unpaired) electrons. The first kappa shape index (κ1) is 15.9. The average Bonchev–Trinajstić information content (AvgIpc) is 2.41. The lowest BCUT2D eigenvalue weighted by atomic mass is 10.2. The Labute approximate surface area is 130 Å². The van der Waals surface area contributed by atoms with Crippen LogP contribution >= 0.6 is 15.9 Å². The Morgan fingerprint density at radius 3 is 2.52 bits per heavy atom. The lowest BCUT2D eigenvalue weighted by Gasteiger charge is -2.12. The number of rotatable bonds is 4. The van der Waals surface area contributed by atoms with E-state index in [9.17, 15) is 12.8 Å². The molecule has 0 unspecified atom stereocenters. The number of anilines is 1. The molecule has 0 saturated carbocycles. The van der Waals surface area contributed by atoms with Crippen LogP contribution in [0, 0.1) is 12.7 Å². The van der Waals surface area contributed by atoms with Gasteiger partial charge in [0.2, 0.25) is 0 Å². The van der Waals surface area contributed by atoms with Gasteiger partial charge < -0.3 is 5.11 Å². The van der Waals surface area contributed by atoms with E-state index < -0.39 is 15.8 Å². The molecule has 0 aliphatic heterocycles. The van der Waals surface area contributed by atoms with Gasteiger partial charge in [0.15, 0.2) is 0 Å². The Morgan fingerprint density at radius 2 is 1.95 bits per heavy atom. The van der Waals surface area contributed by atoms with E-state index >= 15 is 0 Å². The highest BCUT2D eigenvalue weighted by Crippen LogP contribution is 2.26. The molecule has 0 saturated heterocycles. The maximum atomic E-state index is 13.0. The molecule has 0 aliphatic rings. The highest BCUT2D eigenvalue weighted by Gasteiger charge is 2.19. The van der Waals surface area contributed by atoms with Gasteiger partial charge in [0.1, 0.15) is 10.7 Å². The average molecular weight is 374 g/mol. The quantitative estimate of drug-likeness (QED) is 0.864. The molecule has 0 aromatic heterocycles. The molecule has 21 heavy (non-hydrogen) atoms. The monoisotopic (exact) mass is 373 g/mol. The van der Waals surface area contributed by atoms with Crippen molar-refractivity contribution in [2.24, 2.45) is 0 Å². The number of halogens is 2. The first-order valence-electron chi connectivity index (χ1n) is 6.02. The first-order chi connectivity index (χ1) is 9.83. The molecule has 0 spiro atoms. The van der Waals surface area contributed by atoms with Crippen molar-refractivity contribution in [3.8, 4) is 0 Å². The van der Waals surface area contributed by atoms with Crippen molar-refractivity contribution in [2.45, 2.75) is 18.4 Å². The maximum Gasteiger partial charge on any atom is 0.263 e. The molecule has 112 valence electrons. The maximum absolute atomic E-state index is 13.0.